The van der Waals surface area contributed by atoms with Crippen molar-refractivity contribution >= 4 is 11.9 Å². The number of rotatable bonds is 5. The Morgan fingerprint density at radius 3 is 2.76 bits per heavy atom. The Labute approximate surface area is 99.7 Å². The second kappa shape index (κ2) is 6.52. The summed E-state index contributed by atoms with van der Waals surface area (Å²) in [5, 5.41) is 2.37. The largest absolute Gasteiger partial charge is 0.497 e. The summed E-state index contributed by atoms with van der Waals surface area (Å²) in [4.78, 5) is 22.7. The van der Waals surface area contributed by atoms with Crippen LogP contribution in [0.5, 0.6) is 5.75 Å². The van der Waals surface area contributed by atoms with Gasteiger partial charge in [0.05, 0.1) is 20.3 Å². The number of hydrogen-bond acceptors (Lipinski definition) is 4. The van der Waals surface area contributed by atoms with Crippen molar-refractivity contribution in [3.8, 4) is 5.75 Å². The lowest BCUT2D eigenvalue weighted by Crippen LogP contribution is -2.30. The maximum absolute atomic E-state index is 11.7. The van der Waals surface area contributed by atoms with Gasteiger partial charge in [-0.2, -0.15) is 0 Å². The first kappa shape index (κ1) is 13.0. The maximum Gasteiger partial charge on any atom is 0.407 e. The van der Waals surface area contributed by atoms with E-state index in [-0.39, 0.29) is 18.9 Å². The molecule has 0 bridgehead atoms. The van der Waals surface area contributed by atoms with Crippen molar-refractivity contribution in [3.05, 3.63) is 29.8 Å². The molecule has 0 aliphatic heterocycles. The highest BCUT2D eigenvalue weighted by Crippen LogP contribution is 2.12. The highest BCUT2D eigenvalue weighted by atomic mass is 16.5. The van der Waals surface area contributed by atoms with Gasteiger partial charge in [0.1, 0.15) is 5.75 Å². The molecule has 1 aromatic rings. The van der Waals surface area contributed by atoms with Crippen molar-refractivity contribution < 1.29 is 19.1 Å². The Bertz CT molecular complexity index is 403. The first-order chi connectivity index (χ1) is 8.17. The first-order valence-corrected chi connectivity index (χ1v) is 5.25. The van der Waals surface area contributed by atoms with Crippen molar-refractivity contribution in [1.82, 2.24) is 5.32 Å². The molecule has 1 amide bonds. The van der Waals surface area contributed by atoms with Gasteiger partial charge in [0.15, 0.2) is 5.78 Å². The van der Waals surface area contributed by atoms with Crippen LogP contribution in [-0.2, 0) is 4.74 Å². The number of benzene rings is 1. The molecule has 0 saturated carbocycles. The minimum atomic E-state index is -0.594. The molecule has 0 atom stereocenters. The highest BCUT2D eigenvalue weighted by Gasteiger charge is 2.08. The predicted molar refractivity (Wildman–Crippen MR) is 62.3 cm³/mol. The van der Waals surface area contributed by atoms with E-state index in [1.807, 2.05) is 0 Å². The molecule has 0 aliphatic carbocycles. The van der Waals surface area contributed by atoms with E-state index in [4.69, 9.17) is 4.74 Å². The monoisotopic (exact) mass is 237 g/mol. The van der Waals surface area contributed by atoms with Gasteiger partial charge in [-0.15, -0.1) is 0 Å². The van der Waals surface area contributed by atoms with Crippen molar-refractivity contribution in [2.45, 2.75) is 6.92 Å². The Hall–Kier alpha value is -2.04. The van der Waals surface area contributed by atoms with E-state index in [0.29, 0.717) is 11.3 Å². The summed E-state index contributed by atoms with van der Waals surface area (Å²) < 4.78 is 9.65. The molecule has 0 spiro atoms. The first-order valence-electron chi connectivity index (χ1n) is 5.25. The number of Topliss-reactive ketones (excluding diaryl/α,β-unsaturated/α-hetero) is 1. The molecular formula is C12H15NO4. The van der Waals surface area contributed by atoms with Gasteiger partial charge in [-0.05, 0) is 19.1 Å². The number of carbonyl (C=O) groups excluding carboxylic acids is 2. The average Bonchev–Trinajstić information content (AvgIpc) is 2.36. The van der Waals surface area contributed by atoms with E-state index >= 15 is 0 Å². The van der Waals surface area contributed by atoms with Crippen LogP contribution in [-0.4, -0.2) is 32.1 Å². The zero-order valence-electron chi connectivity index (χ0n) is 9.86. The van der Waals surface area contributed by atoms with Gasteiger partial charge < -0.3 is 14.8 Å². The number of ether oxygens (including phenoxy) is 2. The Morgan fingerprint density at radius 2 is 2.12 bits per heavy atom. The third-order valence-corrected chi connectivity index (χ3v) is 2.06. The second-order valence-corrected chi connectivity index (χ2v) is 3.23. The van der Waals surface area contributed by atoms with E-state index in [0.717, 1.165) is 0 Å². The lowest BCUT2D eigenvalue weighted by atomic mass is 10.1. The van der Waals surface area contributed by atoms with Crippen molar-refractivity contribution in [3.63, 3.8) is 0 Å². The number of alkyl carbamates (subject to hydrolysis) is 1. The zero-order chi connectivity index (χ0) is 12.7. The molecule has 92 valence electrons. The minimum Gasteiger partial charge on any atom is -0.497 e. The summed E-state index contributed by atoms with van der Waals surface area (Å²) >= 11 is 0. The molecule has 1 N–H and O–H groups in total. The number of carbonyl (C=O) groups is 2. The molecule has 5 nitrogen and oxygen atoms in total. The van der Waals surface area contributed by atoms with Gasteiger partial charge in [0, 0.05) is 5.56 Å². The summed E-state index contributed by atoms with van der Waals surface area (Å²) in [6.45, 7) is 1.88. The Balaban J connectivity index is 2.54. The fourth-order valence-corrected chi connectivity index (χ4v) is 1.23. The third-order valence-electron chi connectivity index (χ3n) is 2.06. The number of hydrogen-bond donors (Lipinski definition) is 1. The fourth-order valence-electron chi connectivity index (χ4n) is 1.23. The van der Waals surface area contributed by atoms with Gasteiger partial charge in [0.2, 0.25) is 0 Å². The van der Waals surface area contributed by atoms with E-state index < -0.39 is 6.09 Å². The number of nitrogens with one attached hydrogen (secondary N) is 1. The zero-order valence-corrected chi connectivity index (χ0v) is 9.86. The summed E-state index contributed by atoms with van der Waals surface area (Å²) in [6.07, 6.45) is -0.594. The average molecular weight is 237 g/mol. The molecule has 0 aromatic heterocycles. The lowest BCUT2D eigenvalue weighted by molar-refractivity contribution is 0.0978. The standard InChI is InChI=1S/C12H15NO4/c1-3-17-12(15)13-8-11(14)9-5-4-6-10(7-9)16-2/h4-7H,3,8H2,1-2H3,(H,13,15). The molecule has 0 fully saturated rings. The lowest BCUT2D eigenvalue weighted by Gasteiger charge is -2.05. The SMILES string of the molecule is CCOC(=O)NCC(=O)c1cccc(OC)c1. The predicted octanol–water partition coefficient (Wildman–Crippen LogP) is 1.62. The minimum absolute atomic E-state index is 0.0913. The maximum atomic E-state index is 11.7. The quantitative estimate of drug-likeness (QED) is 0.790. The van der Waals surface area contributed by atoms with Crippen LogP contribution < -0.4 is 10.1 Å². The number of methoxy groups -OCH3 is 1. The highest BCUT2D eigenvalue weighted by molar-refractivity contribution is 5.99. The van der Waals surface area contributed by atoms with Crippen LogP contribution in [0.4, 0.5) is 4.79 Å². The van der Waals surface area contributed by atoms with Crippen LogP contribution in [0.15, 0.2) is 24.3 Å². The summed E-state index contributed by atoms with van der Waals surface area (Å²) in [5.41, 5.74) is 0.487. The molecular weight excluding hydrogens is 222 g/mol. The molecule has 5 heteroatoms. The van der Waals surface area contributed by atoms with Gasteiger partial charge in [-0.25, -0.2) is 4.79 Å². The van der Waals surface area contributed by atoms with Crippen LogP contribution in [0.3, 0.4) is 0 Å². The number of amides is 1. The molecule has 0 saturated heterocycles. The fraction of sp³-hybridized carbons (Fsp3) is 0.333. The van der Waals surface area contributed by atoms with Crippen LogP contribution in [0.2, 0.25) is 0 Å². The van der Waals surface area contributed by atoms with E-state index in [2.05, 4.69) is 10.1 Å². The molecule has 1 rings (SSSR count). The van der Waals surface area contributed by atoms with Gasteiger partial charge in [-0.3, -0.25) is 4.79 Å². The van der Waals surface area contributed by atoms with Crippen molar-refractivity contribution in [2.75, 3.05) is 20.3 Å². The van der Waals surface area contributed by atoms with Crippen LogP contribution >= 0.6 is 0 Å². The van der Waals surface area contributed by atoms with Gasteiger partial charge in [0.25, 0.3) is 0 Å². The Morgan fingerprint density at radius 1 is 1.35 bits per heavy atom. The third kappa shape index (κ3) is 4.14. The van der Waals surface area contributed by atoms with E-state index in [9.17, 15) is 9.59 Å². The summed E-state index contributed by atoms with van der Waals surface area (Å²) in [7, 11) is 1.53. The van der Waals surface area contributed by atoms with E-state index in [1.165, 1.54) is 7.11 Å². The second-order valence-electron chi connectivity index (χ2n) is 3.23. The van der Waals surface area contributed by atoms with Crippen molar-refractivity contribution in [1.29, 1.82) is 0 Å². The topological polar surface area (TPSA) is 64.6 Å². The summed E-state index contributed by atoms with van der Waals surface area (Å²) in [6, 6.07) is 6.75. The van der Waals surface area contributed by atoms with E-state index in [1.54, 1.807) is 31.2 Å². The molecule has 0 radical (unpaired) electrons. The van der Waals surface area contributed by atoms with Crippen molar-refractivity contribution in [2.24, 2.45) is 0 Å². The van der Waals surface area contributed by atoms with Gasteiger partial charge >= 0.3 is 6.09 Å². The molecule has 0 unspecified atom stereocenters. The van der Waals surface area contributed by atoms with Crippen LogP contribution in [0.1, 0.15) is 17.3 Å². The molecule has 0 aliphatic rings. The van der Waals surface area contributed by atoms with Crippen LogP contribution in [0, 0.1) is 0 Å². The molecule has 17 heavy (non-hydrogen) atoms. The molecule has 0 heterocycles. The van der Waals surface area contributed by atoms with Gasteiger partial charge in [-0.1, -0.05) is 12.1 Å². The van der Waals surface area contributed by atoms with Crippen LogP contribution in [0.25, 0.3) is 0 Å². The summed E-state index contributed by atoms with van der Waals surface area (Å²) in [5.74, 6) is 0.406. The number of ketones is 1. The normalized spacial score (nSPS) is 9.53. The smallest absolute Gasteiger partial charge is 0.407 e. The Kier molecular flexibility index (Phi) is 5.00. The molecule has 1 aromatic carbocycles.